The molecule has 4 aromatic rings. The zero-order chi connectivity index (χ0) is 20.9. The molecule has 0 unspecified atom stereocenters. The second-order valence-electron chi connectivity index (χ2n) is 7.09. The normalized spacial score (nSPS) is 11.2. The maximum atomic E-state index is 9.75. The molecule has 8 heteroatoms. The molecule has 0 saturated heterocycles. The van der Waals surface area contributed by atoms with E-state index in [1.54, 1.807) is 0 Å². The quantitative estimate of drug-likeness (QED) is 0.401. The number of halogens is 1. The van der Waals surface area contributed by atoms with Gasteiger partial charge in [0.05, 0.1) is 5.69 Å². The Morgan fingerprint density at radius 2 is 1.83 bits per heavy atom. The van der Waals surface area contributed by atoms with Gasteiger partial charge < -0.3 is 9.67 Å². The number of tetrazole rings is 1. The van der Waals surface area contributed by atoms with Crippen LogP contribution in [0.2, 0.25) is 0 Å². The van der Waals surface area contributed by atoms with Crippen molar-refractivity contribution in [3.05, 3.63) is 70.2 Å². The Hall–Kier alpha value is -2.84. The van der Waals surface area contributed by atoms with Gasteiger partial charge >= 0.3 is 0 Å². The summed E-state index contributed by atoms with van der Waals surface area (Å²) in [5, 5.41) is 24.2. The van der Waals surface area contributed by atoms with Crippen molar-refractivity contribution in [2.75, 3.05) is 0 Å². The van der Waals surface area contributed by atoms with Crippen molar-refractivity contribution >= 4 is 15.9 Å². The molecule has 30 heavy (non-hydrogen) atoms. The zero-order valence-corrected chi connectivity index (χ0v) is 18.3. The van der Waals surface area contributed by atoms with E-state index in [1.165, 1.54) is 0 Å². The number of aromatic amines is 1. The molecule has 0 atom stereocenters. The van der Waals surface area contributed by atoms with Crippen LogP contribution in [0.25, 0.3) is 22.5 Å². The van der Waals surface area contributed by atoms with E-state index in [-0.39, 0.29) is 6.61 Å². The molecular formula is C22H23BrN6O. The van der Waals surface area contributed by atoms with Crippen LogP contribution in [0.4, 0.5) is 0 Å². The van der Waals surface area contributed by atoms with Crippen molar-refractivity contribution in [1.29, 1.82) is 0 Å². The fraction of sp³-hybridized carbons (Fsp3) is 0.273. The average molecular weight is 467 g/mol. The Kier molecular flexibility index (Phi) is 6.35. The Morgan fingerprint density at radius 3 is 2.50 bits per heavy atom. The van der Waals surface area contributed by atoms with E-state index in [0.29, 0.717) is 18.2 Å². The first kappa shape index (κ1) is 20.4. The third-order valence-corrected chi connectivity index (χ3v) is 5.77. The molecule has 0 aliphatic rings. The molecule has 2 N–H and O–H groups in total. The van der Waals surface area contributed by atoms with Crippen LogP contribution in [-0.2, 0) is 19.6 Å². The predicted octanol–water partition coefficient (Wildman–Crippen LogP) is 4.38. The van der Waals surface area contributed by atoms with Crippen LogP contribution in [0.1, 0.15) is 36.8 Å². The second kappa shape index (κ2) is 9.32. The van der Waals surface area contributed by atoms with Crippen LogP contribution in [0.5, 0.6) is 0 Å². The van der Waals surface area contributed by atoms with Crippen LogP contribution in [-0.4, -0.2) is 35.3 Å². The molecule has 0 bridgehead atoms. The molecule has 0 aliphatic carbocycles. The molecule has 4 rings (SSSR count). The summed E-state index contributed by atoms with van der Waals surface area (Å²) in [6.45, 7) is 2.76. The van der Waals surface area contributed by atoms with E-state index in [1.807, 2.05) is 18.2 Å². The van der Waals surface area contributed by atoms with Crippen LogP contribution in [0, 0.1) is 0 Å². The van der Waals surface area contributed by atoms with Gasteiger partial charge in [-0.25, -0.2) is 4.98 Å². The number of H-pyrrole nitrogens is 1. The van der Waals surface area contributed by atoms with Gasteiger partial charge in [0.1, 0.15) is 17.0 Å². The zero-order valence-electron chi connectivity index (χ0n) is 16.7. The molecule has 0 spiro atoms. The molecule has 2 aromatic carbocycles. The summed E-state index contributed by atoms with van der Waals surface area (Å²) in [4.78, 5) is 4.49. The predicted molar refractivity (Wildman–Crippen MR) is 119 cm³/mol. The summed E-state index contributed by atoms with van der Waals surface area (Å²) in [5.74, 6) is 1.26. The fourth-order valence-electron chi connectivity index (χ4n) is 3.57. The summed E-state index contributed by atoms with van der Waals surface area (Å²) >= 11 is 3.56. The maximum absolute atomic E-state index is 9.75. The van der Waals surface area contributed by atoms with Crippen molar-refractivity contribution in [3.63, 3.8) is 0 Å². The number of unbranched alkanes of at least 4 members (excludes halogenated alkanes) is 1. The highest BCUT2D eigenvalue weighted by molar-refractivity contribution is 9.10. The van der Waals surface area contributed by atoms with Crippen LogP contribution in [0.3, 0.4) is 0 Å². The van der Waals surface area contributed by atoms with Gasteiger partial charge in [-0.3, -0.25) is 0 Å². The lowest BCUT2D eigenvalue weighted by Gasteiger charge is -2.13. The molecule has 0 saturated carbocycles. The highest BCUT2D eigenvalue weighted by atomic mass is 79.9. The first-order valence-corrected chi connectivity index (χ1v) is 10.8. The molecular weight excluding hydrogens is 444 g/mol. The number of nitrogens with one attached hydrogen (secondary N) is 1. The molecule has 0 amide bonds. The largest absolute Gasteiger partial charge is 0.388 e. The molecule has 7 nitrogen and oxygen atoms in total. The first-order chi connectivity index (χ1) is 14.7. The van der Waals surface area contributed by atoms with Crippen molar-refractivity contribution in [2.45, 2.75) is 39.3 Å². The minimum Gasteiger partial charge on any atom is -0.388 e. The molecule has 2 heterocycles. The van der Waals surface area contributed by atoms with Crippen LogP contribution < -0.4 is 0 Å². The minimum atomic E-state index is -0.0825. The van der Waals surface area contributed by atoms with Crippen molar-refractivity contribution < 1.29 is 5.11 Å². The molecule has 0 radical (unpaired) electrons. The number of imidazole rings is 1. The van der Waals surface area contributed by atoms with Crippen molar-refractivity contribution in [1.82, 2.24) is 30.2 Å². The van der Waals surface area contributed by atoms with Gasteiger partial charge in [-0.05, 0) is 50.7 Å². The highest BCUT2D eigenvalue weighted by Crippen LogP contribution is 2.30. The van der Waals surface area contributed by atoms with Gasteiger partial charge in [-0.1, -0.05) is 61.9 Å². The number of nitrogens with zero attached hydrogens (tertiary/aromatic N) is 5. The summed E-state index contributed by atoms with van der Waals surface area (Å²) in [5.41, 5.74) is 5.34. The average Bonchev–Trinajstić information content (AvgIpc) is 3.41. The Bertz CT molecular complexity index is 1110. The van der Waals surface area contributed by atoms with E-state index in [4.69, 9.17) is 0 Å². The lowest BCUT2D eigenvalue weighted by Crippen LogP contribution is -2.09. The molecule has 0 aliphatic heterocycles. The lowest BCUT2D eigenvalue weighted by molar-refractivity contribution is 0.265. The number of hydrogen-bond acceptors (Lipinski definition) is 5. The number of aliphatic hydroxyl groups excluding tert-OH is 1. The van der Waals surface area contributed by atoms with Crippen molar-refractivity contribution in [2.24, 2.45) is 0 Å². The van der Waals surface area contributed by atoms with Crippen LogP contribution in [0.15, 0.2) is 53.1 Å². The monoisotopic (exact) mass is 466 g/mol. The molecule has 154 valence electrons. The number of benzene rings is 2. The van der Waals surface area contributed by atoms with E-state index >= 15 is 0 Å². The number of rotatable bonds is 8. The summed E-state index contributed by atoms with van der Waals surface area (Å²) in [6.07, 6.45) is 3.13. The summed E-state index contributed by atoms with van der Waals surface area (Å²) in [6, 6.07) is 16.4. The Balaban J connectivity index is 1.62. The molecule has 2 aromatic heterocycles. The van der Waals surface area contributed by atoms with Gasteiger partial charge in [0, 0.05) is 12.1 Å². The second-order valence-corrected chi connectivity index (χ2v) is 7.84. The minimum absolute atomic E-state index is 0.0825. The van der Waals surface area contributed by atoms with E-state index < -0.39 is 0 Å². The van der Waals surface area contributed by atoms with Gasteiger partial charge in [-0.2, -0.15) is 5.21 Å². The van der Waals surface area contributed by atoms with Gasteiger partial charge in [0.2, 0.25) is 5.82 Å². The third kappa shape index (κ3) is 4.20. The van der Waals surface area contributed by atoms with Crippen LogP contribution >= 0.6 is 15.9 Å². The standard InChI is InChI=1S/C22H23BrN6O/c1-2-3-8-19-21(23)24-20(14-30)29(19)13-15-9-11-16(12-10-15)17-6-4-5-7-18(17)22-25-27-28-26-22/h4-7,9-12,30H,2-3,8,13-14H2,1H3,(H,25,26,27,28). The lowest BCUT2D eigenvalue weighted by atomic mass is 9.98. The highest BCUT2D eigenvalue weighted by Gasteiger charge is 2.15. The first-order valence-electron chi connectivity index (χ1n) is 9.98. The summed E-state index contributed by atoms with van der Waals surface area (Å²) < 4.78 is 2.94. The Morgan fingerprint density at radius 1 is 1.07 bits per heavy atom. The van der Waals surface area contributed by atoms with E-state index in [0.717, 1.165) is 51.8 Å². The van der Waals surface area contributed by atoms with Gasteiger partial charge in [0.25, 0.3) is 0 Å². The van der Waals surface area contributed by atoms with Crippen molar-refractivity contribution in [3.8, 4) is 22.5 Å². The summed E-state index contributed by atoms with van der Waals surface area (Å²) in [7, 11) is 0. The fourth-order valence-corrected chi connectivity index (χ4v) is 4.19. The number of hydrogen-bond donors (Lipinski definition) is 2. The molecule has 0 fully saturated rings. The Labute approximate surface area is 183 Å². The van der Waals surface area contributed by atoms with Gasteiger partial charge in [-0.15, -0.1) is 10.2 Å². The van der Waals surface area contributed by atoms with E-state index in [9.17, 15) is 5.11 Å². The van der Waals surface area contributed by atoms with Gasteiger partial charge in [0.15, 0.2) is 0 Å². The smallest absolute Gasteiger partial charge is 0.205 e. The van der Waals surface area contributed by atoms with E-state index in [2.05, 4.69) is 83.4 Å². The topological polar surface area (TPSA) is 92.5 Å². The number of aliphatic hydroxyl groups is 1. The maximum Gasteiger partial charge on any atom is 0.205 e. The third-order valence-electron chi connectivity index (χ3n) is 5.13. The SMILES string of the molecule is CCCCc1c(Br)nc(CO)n1Cc1ccc(-c2ccccc2-c2nn[nH]n2)cc1. The number of aromatic nitrogens is 6.